The van der Waals surface area contributed by atoms with Crippen LogP contribution in [0.5, 0.6) is 0 Å². The molecule has 1 N–H and O–H groups in total. The highest BCUT2D eigenvalue weighted by atomic mass is 79.9. The van der Waals surface area contributed by atoms with Crippen molar-refractivity contribution in [2.75, 3.05) is 18.4 Å². The number of amides is 1. The summed E-state index contributed by atoms with van der Waals surface area (Å²) in [5.74, 6) is 0.273. The van der Waals surface area contributed by atoms with Crippen LogP contribution in [0.4, 0.5) is 5.69 Å². The van der Waals surface area contributed by atoms with Gasteiger partial charge in [0, 0.05) is 22.6 Å². The minimum atomic E-state index is 0.114. The van der Waals surface area contributed by atoms with E-state index >= 15 is 0 Å². The molecule has 4 heteroatoms. The number of likely N-dealkylation sites (tertiary alicyclic amines) is 1. The summed E-state index contributed by atoms with van der Waals surface area (Å²) < 4.78 is 1.12. The standard InChI is InChI=1S/C20H23BrN2O/c1-15-5-2-3-8-19(15)22-20(24)17-9-11-23(12-10-17)14-16-6-4-7-18(21)13-16/h2-8,13,17H,9-12,14H2,1H3,(H,22,24). The van der Waals surface area contributed by atoms with Crippen molar-refractivity contribution in [1.82, 2.24) is 4.90 Å². The molecular weight excluding hydrogens is 364 g/mol. The Morgan fingerprint density at radius 2 is 1.92 bits per heavy atom. The van der Waals surface area contributed by atoms with E-state index in [1.54, 1.807) is 0 Å². The van der Waals surface area contributed by atoms with Gasteiger partial charge in [-0.1, -0.05) is 46.3 Å². The van der Waals surface area contributed by atoms with Crippen LogP contribution in [0.3, 0.4) is 0 Å². The number of piperidine rings is 1. The van der Waals surface area contributed by atoms with Crippen LogP contribution in [-0.4, -0.2) is 23.9 Å². The molecule has 24 heavy (non-hydrogen) atoms. The Labute approximate surface area is 152 Å². The predicted octanol–water partition coefficient (Wildman–Crippen LogP) is 4.61. The molecule has 1 heterocycles. The average Bonchev–Trinajstić information content (AvgIpc) is 2.57. The Morgan fingerprint density at radius 1 is 1.17 bits per heavy atom. The first-order chi connectivity index (χ1) is 11.6. The minimum absolute atomic E-state index is 0.114. The van der Waals surface area contributed by atoms with Crippen LogP contribution >= 0.6 is 15.9 Å². The normalized spacial score (nSPS) is 16.1. The lowest BCUT2D eigenvalue weighted by Crippen LogP contribution is -2.37. The average molecular weight is 387 g/mol. The Bertz CT molecular complexity index is 708. The van der Waals surface area contributed by atoms with Gasteiger partial charge in [0.25, 0.3) is 0 Å². The molecule has 0 bridgehead atoms. The van der Waals surface area contributed by atoms with Crippen molar-refractivity contribution >= 4 is 27.5 Å². The number of halogens is 1. The molecule has 3 rings (SSSR count). The number of anilines is 1. The second kappa shape index (κ2) is 7.95. The molecule has 1 fully saturated rings. The fourth-order valence-corrected chi connectivity index (χ4v) is 3.64. The Balaban J connectivity index is 1.51. The zero-order valence-electron chi connectivity index (χ0n) is 14.0. The van der Waals surface area contributed by atoms with Crippen molar-refractivity contribution in [3.8, 4) is 0 Å². The summed E-state index contributed by atoms with van der Waals surface area (Å²) in [7, 11) is 0. The van der Waals surface area contributed by atoms with Crippen molar-refractivity contribution in [2.45, 2.75) is 26.3 Å². The maximum atomic E-state index is 12.5. The maximum Gasteiger partial charge on any atom is 0.227 e. The van der Waals surface area contributed by atoms with E-state index in [0.29, 0.717) is 0 Å². The van der Waals surface area contributed by atoms with Crippen LogP contribution < -0.4 is 5.32 Å². The number of carbonyl (C=O) groups excluding carboxylic acids is 1. The Kier molecular flexibility index (Phi) is 5.69. The van der Waals surface area contributed by atoms with Crippen molar-refractivity contribution in [3.63, 3.8) is 0 Å². The number of nitrogens with one attached hydrogen (secondary N) is 1. The lowest BCUT2D eigenvalue weighted by molar-refractivity contribution is -0.121. The van der Waals surface area contributed by atoms with Gasteiger partial charge in [-0.2, -0.15) is 0 Å². The topological polar surface area (TPSA) is 32.3 Å². The summed E-state index contributed by atoms with van der Waals surface area (Å²) in [6.07, 6.45) is 1.84. The first-order valence-electron chi connectivity index (χ1n) is 8.45. The minimum Gasteiger partial charge on any atom is -0.326 e. The van der Waals surface area contributed by atoms with Crippen molar-refractivity contribution in [3.05, 3.63) is 64.1 Å². The van der Waals surface area contributed by atoms with E-state index in [2.05, 4.69) is 44.3 Å². The van der Waals surface area contributed by atoms with Gasteiger partial charge in [0.15, 0.2) is 0 Å². The van der Waals surface area contributed by atoms with E-state index in [4.69, 9.17) is 0 Å². The van der Waals surface area contributed by atoms with Crippen molar-refractivity contribution in [2.24, 2.45) is 5.92 Å². The van der Waals surface area contributed by atoms with Gasteiger partial charge in [-0.15, -0.1) is 0 Å². The number of rotatable bonds is 4. The molecule has 0 unspecified atom stereocenters. The van der Waals surface area contributed by atoms with Gasteiger partial charge >= 0.3 is 0 Å². The van der Waals surface area contributed by atoms with Gasteiger partial charge in [-0.05, 0) is 62.2 Å². The van der Waals surface area contributed by atoms with Gasteiger partial charge in [0.2, 0.25) is 5.91 Å². The third-order valence-electron chi connectivity index (χ3n) is 4.66. The van der Waals surface area contributed by atoms with Crippen LogP contribution in [-0.2, 0) is 11.3 Å². The number of benzene rings is 2. The summed E-state index contributed by atoms with van der Waals surface area (Å²) >= 11 is 3.52. The molecule has 0 aromatic heterocycles. The molecular formula is C20H23BrN2O. The van der Waals surface area contributed by atoms with Crippen LogP contribution in [0.2, 0.25) is 0 Å². The molecule has 1 aliphatic rings. The Morgan fingerprint density at radius 3 is 2.62 bits per heavy atom. The molecule has 126 valence electrons. The highest BCUT2D eigenvalue weighted by Gasteiger charge is 2.25. The number of nitrogens with zero attached hydrogens (tertiary/aromatic N) is 1. The number of aryl methyl sites for hydroxylation is 1. The molecule has 1 saturated heterocycles. The van der Waals surface area contributed by atoms with E-state index in [1.165, 1.54) is 5.56 Å². The highest BCUT2D eigenvalue weighted by molar-refractivity contribution is 9.10. The molecule has 0 spiro atoms. The SMILES string of the molecule is Cc1ccccc1NC(=O)C1CCN(Cc2cccc(Br)c2)CC1. The fraction of sp³-hybridized carbons (Fsp3) is 0.350. The van der Waals surface area contributed by atoms with Crippen LogP contribution in [0.1, 0.15) is 24.0 Å². The van der Waals surface area contributed by atoms with Gasteiger partial charge in [0.1, 0.15) is 0 Å². The van der Waals surface area contributed by atoms with E-state index in [-0.39, 0.29) is 11.8 Å². The molecule has 1 aliphatic heterocycles. The van der Waals surface area contributed by atoms with Gasteiger partial charge in [0.05, 0.1) is 0 Å². The number of hydrogen-bond donors (Lipinski definition) is 1. The molecule has 0 aliphatic carbocycles. The summed E-state index contributed by atoms with van der Waals surface area (Å²) in [5, 5.41) is 3.09. The summed E-state index contributed by atoms with van der Waals surface area (Å²) in [6.45, 7) is 4.92. The summed E-state index contributed by atoms with van der Waals surface area (Å²) in [4.78, 5) is 14.9. The van der Waals surface area contributed by atoms with Gasteiger partial charge in [-0.25, -0.2) is 0 Å². The quantitative estimate of drug-likeness (QED) is 0.831. The van der Waals surface area contributed by atoms with E-state index in [0.717, 1.165) is 48.2 Å². The van der Waals surface area contributed by atoms with Gasteiger partial charge in [-0.3, -0.25) is 9.69 Å². The smallest absolute Gasteiger partial charge is 0.227 e. The fourth-order valence-electron chi connectivity index (χ4n) is 3.19. The summed E-state index contributed by atoms with van der Waals surface area (Å²) in [6, 6.07) is 16.4. The number of carbonyl (C=O) groups is 1. The molecule has 0 atom stereocenters. The van der Waals surface area contributed by atoms with E-state index < -0.39 is 0 Å². The largest absolute Gasteiger partial charge is 0.326 e. The number of para-hydroxylation sites is 1. The second-order valence-corrected chi connectivity index (χ2v) is 7.40. The Hall–Kier alpha value is -1.65. The van der Waals surface area contributed by atoms with E-state index in [9.17, 15) is 4.79 Å². The highest BCUT2D eigenvalue weighted by Crippen LogP contribution is 2.22. The first-order valence-corrected chi connectivity index (χ1v) is 9.24. The third kappa shape index (κ3) is 4.46. The van der Waals surface area contributed by atoms with Gasteiger partial charge < -0.3 is 5.32 Å². The molecule has 3 nitrogen and oxygen atoms in total. The molecule has 0 radical (unpaired) electrons. The third-order valence-corrected chi connectivity index (χ3v) is 5.15. The molecule has 0 saturated carbocycles. The lowest BCUT2D eigenvalue weighted by Gasteiger charge is -2.31. The predicted molar refractivity (Wildman–Crippen MR) is 102 cm³/mol. The zero-order valence-corrected chi connectivity index (χ0v) is 15.6. The van der Waals surface area contributed by atoms with E-state index in [1.807, 2.05) is 37.3 Å². The van der Waals surface area contributed by atoms with Crippen molar-refractivity contribution in [1.29, 1.82) is 0 Å². The molecule has 2 aromatic carbocycles. The molecule has 2 aromatic rings. The first kappa shape index (κ1) is 17.2. The number of hydrogen-bond acceptors (Lipinski definition) is 2. The van der Waals surface area contributed by atoms with Crippen LogP contribution in [0.25, 0.3) is 0 Å². The lowest BCUT2D eigenvalue weighted by atomic mass is 9.95. The zero-order chi connectivity index (χ0) is 16.9. The second-order valence-electron chi connectivity index (χ2n) is 6.48. The molecule has 1 amide bonds. The summed E-state index contributed by atoms with van der Waals surface area (Å²) in [5.41, 5.74) is 3.35. The van der Waals surface area contributed by atoms with Crippen LogP contribution in [0, 0.1) is 12.8 Å². The maximum absolute atomic E-state index is 12.5. The van der Waals surface area contributed by atoms with Crippen LogP contribution in [0.15, 0.2) is 53.0 Å². The monoisotopic (exact) mass is 386 g/mol. The van der Waals surface area contributed by atoms with Crippen molar-refractivity contribution < 1.29 is 4.79 Å².